The van der Waals surface area contributed by atoms with Gasteiger partial charge in [0.1, 0.15) is 19.3 Å². The zero-order valence-electron chi connectivity index (χ0n) is 72.0. The zero-order chi connectivity index (χ0) is 80.0. The average molecular weight is 1590 g/mol. The summed E-state index contributed by atoms with van der Waals surface area (Å²) in [7, 11) is -9.94. The second-order valence-electron chi connectivity index (χ2n) is 33.8. The van der Waals surface area contributed by atoms with Crippen molar-refractivity contribution in [2.75, 3.05) is 39.6 Å². The summed E-state index contributed by atoms with van der Waals surface area (Å²) in [6, 6.07) is 0. The molecular weight excluding hydrogens is 1410 g/mol. The Bertz CT molecular complexity index is 2100. The topological polar surface area (TPSA) is 237 Å². The van der Waals surface area contributed by atoms with Crippen LogP contribution in [0.25, 0.3) is 0 Å². The molecule has 0 aliphatic heterocycles. The molecule has 0 rings (SSSR count). The molecule has 0 fully saturated rings. The van der Waals surface area contributed by atoms with E-state index in [2.05, 4.69) is 48.5 Å². The first-order chi connectivity index (χ1) is 52.7. The van der Waals surface area contributed by atoms with E-state index in [1.54, 1.807) is 0 Å². The van der Waals surface area contributed by atoms with Crippen molar-refractivity contribution in [2.24, 2.45) is 17.8 Å². The molecule has 0 saturated heterocycles. The lowest BCUT2D eigenvalue weighted by Gasteiger charge is -2.21. The Morgan fingerprint density at radius 3 is 0.624 bits per heavy atom. The molecule has 3 N–H and O–H groups in total. The zero-order valence-corrected chi connectivity index (χ0v) is 73.8. The fourth-order valence-corrected chi connectivity index (χ4v) is 15.7. The van der Waals surface area contributed by atoms with Crippen LogP contribution >= 0.6 is 15.6 Å². The highest BCUT2D eigenvalue weighted by Crippen LogP contribution is 2.45. The minimum Gasteiger partial charge on any atom is -0.462 e. The molecule has 0 amide bonds. The van der Waals surface area contributed by atoms with Crippen LogP contribution < -0.4 is 0 Å². The third-order valence-electron chi connectivity index (χ3n) is 21.1. The van der Waals surface area contributed by atoms with Crippen LogP contribution in [0.3, 0.4) is 0 Å². The number of rotatable bonds is 88. The van der Waals surface area contributed by atoms with E-state index in [0.717, 1.165) is 108 Å². The molecular formula is C90H176O17P2. The molecule has 0 heterocycles. The van der Waals surface area contributed by atoms with Gasteiger partial charge in [0, 0.05) is 25.7 Å². The van der Waals surface area contributed by atoms with Gasteiger partial charge in [-0.15, -0.1) is 0 Å². The first kappa shape index (κ1) is 107. The number of esters is 4. The van der Waals surface area contributed by atoms with Gasteiger partial charge in [-0.25, -0.2) is 9.13 Å². The Labute approximate surface area is 670 Å². The first-order valence-corrected chi connectivity index (χ1v) is 49.3. The van der Waals surface area contributed by atoms with Crippen molar-refractivity contribution in [1.82, 2.24) is 0 Å². The molecule has 109 heavy (non-hydrogen) atoms. The van der Waals surface area contributed by atoms with Crippen LogP contribution in [0.5, 0.6) is 0 Å². The molecule has 0 aromatic heterocycles. The number of hydrogen-bond acceptors (Lipinski definition) is 15. The summed E-state index contributed by atoms with van der Waals surface area (Å²) in [6.07, 6.45) is 72.2. The quantitative estimate of drug-likeness (QED) is 0.0222. The molecule has 0 aromatic rings. The molecule has 0 aliphatic carbocycles. The molecule has 0 aliphatic rings. The van der Waals surface area contributed by atoms with E-state index in [4.69, 9.17) is 37.0 Å². The van der Waals surface area contributed by atoms with Gasteiger partial charge >= 0.3 is 39.5 Å². The highest BCUT2D eigenvalue weighted by atomic mass is 31.2. The van der Waals surface area contributed by atoms with Crippen molar-refractivity contribution >= 4 is 39.5 Å². The number of aliphatic hydroxyl groups is 1. The van der Waals surface area contributed by atoms with Gasteiger partial charge in [-0.3, -0.25) is 37.3 Å². The normalized spacial score (nSPS) is 13.8. The van der Waals surface area contributed by atoms with Crippen molar-refractivity contribution in [1.29, 1.82) is 0 Å². The van der Waals surface area contributed by atoms with Crippen molar-refractivity contribution in [3.63, 3.8) is 0 Å². The van der Waals surface area contributed by atoms with Gasteiger partial charge in [-0.1, -0.05) is 427 Å². The Balaban J connectivity index is 5.25. The number of phosphoric ester groups is 2. The summed E-state index contributed by atoms with van der Waals surface area (Å²) < 4.78 is 69.1. The highest BCUT2D eigenvalue weighted by molar-refractivity contribution is 7.47. The van der Waals surface area contributed by atoms with Crippen LogP contribution in [0.15, 0.2) is 0 Å². The van der Waals surface area contributed by atoms with Crippen LogP contribution in [0.4, 0.5) is 0 Å². The van der Waals surface area contributed by atoms with Crippen LogP contribution in [0.2, 0.25) is 0 Å². The Morgan fingerprint density at radius 2 is 0.422 bits per heavy atom. The SMILES string of the molecule is CCCCCCCCCCCCCCCCCCCCC(=O)O[C@H](COC(=O)CCCCCCCCCCCC(C)C)COP(=O)(O)OC[C@H](O)COP(=O)(O)OC[C@@H](COC(=O)CCCCCCCCCCCCCCCCCC(C)C)OC(=O)CCCCCCCCCCCCCCCCCCCCC(C)C. The molecule has 0 spiro atoms. The molecule has 0 radical (unpaired) electrons. The minimum atomic E-state index is -4.97. The van der Waals surface area contributed by atoms with E-state index < -0.39 is 97.5 Å². The summed E-state index contributed by atoms with van der Waals surface area (Å²) >= 11 is 0. The van der Waals surface area contributed by atoms with Gasteiger partial charge in [0.05, 0.1) is 26.4 Å². The van der Waals surface area contributed by atoms with Gasteiger partial charge < -0.3 is 33.8 Å². The molecule has 19 heteroatoms. The van der Waals surface area contributed by atoms with Crippen molar-refractivity contribution < 1.29 is 80.2 Å². The maximum atomic E-state index is 13.2. The third kappa shape index (κ3) is 83.8. The molecule has 5 atom stereocenters. The molecule has 648 valence electrons. The van der Waals surface area contributed by atoms with E-state index in [1.165, 1.54) is 289 Å². The predicted molar refractivity (Wildman–Crippen MR) is 451 cm³/mol. The summed E-state index contributed by atoms with van der Waals surface area (Å²) in [6.45, 7) is 12.1. The summed E-state index contributed by atoms with van der Waals surface area (Å²) in [5, 5.41) is 10.7. The molecule has 0 aromatic carbocycles. The Kier molecular flexibility index (Phi) is 78.5. The van der Waals surface area contributed by atoms with Gasteiger partial charge in [0.25, 0.3) is 0 Å². The third-order valence-corrected chi connectivity index (χ3v) is 23.0. The average Bonchev–Trinajstić information content (AvgIpc) is 0.898. The van der Waals surface area contributed by atoms with E-state index in [9.17, 15) is 43.2 Å². The molecule has 2 unspecified atom stereocenters. The van der Waals surface area contributed by atoms with Crippen LogP contribution in [-0.4, -0.2) is 96.7 Å². The van der Waals surface area contributed by atoms with Gasteiger partial charge in [-0.2, -0.15) is 0 Å². The van der Waals surface area contributed by atoms with Crippen LogP contribution in [0, 0.1) is 17.8 Å². The predicted octanol–water partition coefficient (Wildman–Crippen LogP) is 27.6. The Hall–Kier alpha value is -1.94. The highest BCUT2D eigenvalue weighted by Gasteiger charge is 2.31. The Morgan fingerprint density at radius 1 is 0.248 bits per heavy atom. The van der Waals surface area contributed by atoms with E-state index in [0.29, 0.717) is 25.7 Å². The molecule has 17 nitrogen and oxygen atoms in total. The number of carbonyl (C=O) groups excluding carboxylic acids is 4. The fourth-order valence-electron chi connectivity index (χ4n) is 14.1. The largest absolute Gasteiger partial charge is 0.472 e. The number of unbranched alkanes of at least 4 members (excludes halogenated alkanes) is 56. The van der Waals surface area contributed by atoms with Crippen molar-refractivity contribution in [3.8, 4) is 0 Å². The number of aliphatic hydroxyl groups excluding tert-OH is 1. The molecule has 0 saturated carbocycles. The fraction of sp³-hybridized carbons (Fsp3) is 0.956. The monoisotopic (exact) mass is 1590 g/mol. The lowest BCUT2D eigenvalue weighted by atomic mass is 10.0. The molecule has 0 bridgehead atoms. The van der Waals surface area contributed by atoms with Gasteiger partial charge in [0.15, 0.2) is 12.2 Å². The van der Waals surface area contributed by atoms with Crippen LogP contribution in [0.1, 0.15) is 479 Å². The first-order valence-electron chi connectivity index (χ1n) is 46.3. The van der Waals surface area contributed by atoms with Gasteiger partial charge in [-0.05, 0) is 43.4 Å². The standard InChI is InChI=1S/C90H176O17P2/c1-8-9-10-11-12-13-14-15-16-17-21-26-32-37-44-52-59-66-74-90(95)107-86(78-101-88(93)72-65-58-51-46-39-42-49-56-63-70-83(6)7)80-105-109(98,99)103-76-84(91)75-102-108(96,97)104-79-85(77-100-87(92)71-64-57-50-43-36-31-28-23-25-30-35-41-48-55-62-69-82(4)5)106-89(94)73-67-60-53-45-38-33-27-22-19-18-20-24-29-34-40-47-54-61-68-81(2)3/h81-86,91H,8-80H2,1-7H3,(H,96,97)(H,98,99)/t84-,85-,86-/m1/s1. The minimum absolute atomic E-state index is 0.108. The van der Waals surface area contributed by atoms with E-state index in [-0.39, 0.29) is 25.7 Å². The maximum absolute atomic E-state index is 13.2. The second kappa shape index (κ2) is 79.9. The van der Waals surface area contributed by atoms with Crippen LogP contribution in [-0.2, 0) is 65.4 Å². The van der Waals surface area contributed by atoms with Crippen molar-refractivity contribution in [3.05, 3.63) is 0 Å². The smallest absolute Gasteiger partial charge is 0.462 e. The number of phosphoric acid groups is 2. The number of ether oxygens (including phenoxy) is 4. The van der Waals surface area contributed by atoms with E-state index in [1.807, 2.05) is 0 Å². The lowest BCUT2D eigenvalue weighted by molar-refractivity contribution is -0.161. The number of carbonyl (C=O) groups is 4. The summed E-state index contributed by atoms with van der Waals surface area (Å²) in [5.74, 6) is 0.272. The maximum Gasteiger partial charge on any atom is 0.472 e. The van der Waals surface area contributed by atoms with Crippen molar-refractivity contribution in [2.45, 2.75) is 497 Å². The van der Waals surface area contributed by atoms with Gasteiger partial charge in [0.2, 0.25) is 0 Å². The summed E-state index contributed by atoms with van der Waals surface area (Å²) in [4.78, 5) is 73.4. The summed E-state index contributed by atoms with van der Waals surface area (Å²) in [5.41, 5.74) is 0. The lowest BCUT2D eigenvalue weighted by Crippen LogP contribution is -2.30. The van der Waals surface area contributed by atoms with E-state index >= 15 is 0 Å². The second-order valence-corrected chi connectivity index (χ2v) is 36.7. The number of hydrogen-bond donors (Lipinski definition) is 3.